The Bertz CT molecular complexity index is 393. The molecule has 0 atom stereocenters. The molecule has 19 heavy (non-hydrogen) atoms. The summed E-state index contributed by atoms with van der Waals surface area (Å²) in [5.41, 5.74) is 0. The number of carboxylic acid groups (broad SMARTS) is 1. The minimum atomic E-state index is -1.03. The van der Waals surface area contributed by atoms with E-state index in [1.54, 1.807) is 0 Å². The number of ether oxygens (including phenoxy) is 2. The van der Waals surface area contributed by atoms with Crippen molar-refractivity contribution in [3.05, 3.63) is 30.3 Å². The number of carbonyl (C=O) groups excluding carboxylic acids is 1. The van der Waals surface area contributed by atoms with Crippen molar-refractivity contribution in [3.63, 3.8) is 0 Å². The molecular formula is C13H17NO5. The van der Waals surface area contributed by atoms with Gasteiger partial charge >= 0.3 is 5.97 Å². The molecule has 0 heterocycles. The highest BCUT2D eigenvalue weighted by Crippen LogP contribution is 2.08. The predicted molar refractivity (Wildman–Crippen MR) is 68.0 cm³/mol. The molecule has 0 radical (unpaired) electrons. The standard InChI is InChI=1S/C13H17NO5/c15-12(14-7-9-18-10-13(16)17)6-8-19-11-4-2-1-3-5-11/h1-5H,6-10H2,(H,14,15)(H,16,17). The Labute approximate surface area is 111 Å². The van der Waals surface area contributed by atoms with Gasteiger partial charge in [0.25, 0.3) is 0 Å². The zero-order chi connectivity index (χ0) is 13.9. The van der Waals surface area contributed by atoms with Gasteiger partial charge in [0, 0.05) is 6.54 Å². The molecule has 2 N–H and O–H groups in total. The van der Waals surface area contributed by atoms with Crippen LogP contribution in [0.25, 0.3) is 0 Å². The zero-order valence-electron chi connectivity index (χ0n) is 10.5. The molecule has 1 aromatic rings. The Balaban J connectivity index is 2.01. The van der Waals surface area contributed by atoms with Gasteiger partial charge in [-0.1, -0.05) is 18.2 Å². The van der Waals surface area contributed by atoms with Crippen molar-refractivity contribution in [2.45, 2.75) is 6.42 Å². The quantitative estimate of drug-likeness (QED) is 0.642. The van der Waals surface area contributed by atoms with Gasteiger partial charge in [-0.05, 0) is 12.1 Å². The van der Waals surface area contributed by atoms with Crippen LogP contribution < -0.4 is 10.1 Å². The second-order valence-electron chi connectivity index (χ2n) is 3.71. The average Bonchev–Trinajstić information content (AvgIpc) is 2.39. The van der Waals surface area contributed by atoms with Crippen LogP contribution in [0.1, 0.15) is 6.42 Å². The maximum Gasteiger partial charge on any atom is 0.329 e. The summed E-state index contributed by atoms with van der Waals surface area (Å²) < 4.78 is 10.1. The van der Waals surface area contributed by atoms with E-state index in [4.69, 9.17) is 14.6 Å². The fraction of sp³-hybridized carbons (Fsp3) is 0.385. The number of hydrogen-bond acceptors (Lipinski definition) is 4. The van der Waals surface area contributed by atoms with Gasteiger partial charge in [-0.3, -0.25) is 4.79 Å². The van der Waals surface area contributed by atoms with Gasteiger partial charge < -0.3 is 19.9 Å². The van der Waals surface area contributed by atoms with E-state index in [0.29, 0.717) is 6.61 Å². The van der Waals surface area contributed by atoms with Gasteiger partial charge in [0.05, 0.1) is 19.6 Å². The predicted octanol–water partition coefficient (Wildman–Crippen LogP) is 0.673. The van der Waals surface area contributed by atoms with E-state index in [2.05, 4.69) is 5.32 Å². The molecule has 0 spiro atoms. The summed E-state index contributed by atoms with van der Waals surface area (Å²) in [5.74, 6) is -0.461. The molecule has 1 aromatic carbocycles. The summed E-state index contributed by atoms with van der Waals surface area (Å²) >= 11 is 0. The van der Waals surface area contributed by atoms with E-state index in [1.165, 1.54) is 0 Å². The fourth-order valence-electron chi connectivity index (χ4n) is 1.29. The molecule has 0 aliphatic rings. The molecule has 1 amide bonds. The monoisotopic (exact) mass is 267 g/mol. The van der Waals surface area contributed by atoms with E-state index in [-0.39, 0.29) is 32.1 Å². The van der Waals surface area contributed by atoms with Crippen LogP contribution >= 0.6 is 0 Å². The van der Waals surface area contributed by atoms with Gasteiger partial charge in [-0.25, -0.2) is 4.79 Å². The summed E-state index contributed by atoms with van der Waals surface area (Å²) in [6.07, 6.45) is 0.244. The maximum absolute atomic E-state index is 11.4. The van der Waals surface area contributed by atoms with Gasteiger partial charge in [-0.15, -0.1) is 0 Å². The molecule has 0 saturated carbocycles. The third kappa shape index (κ3) is 7.77. The zero-order valence-corrected chi connectivity index (χ0v) is 10.5. The Morgan fingerprint density at radius 2 is 1.89 bits per heavy atom. The Kier molecular flexibility index (Phi) is 7.04. The van der Waals surface area contributed by atoms with Crippen LogP contribution in [0.15, 0.2) is 30.3 Å². The van der Waals surface area contributed by atoms with Crippen LogP contribution in [0.3, 0.4) is 0 Å². The third-order valence-electron chi connectivity index (χ3n) is 2.14. The molecule has 0 fully saturated rings. The van der Waals surface area contributed by atoms with E-state index < -0.39 is 5.97 Å². The van der Waals surface area contributed by atoms with Gasteiger partial charge in [0.2, 0.25) is 5.91 Å². The van der Waals surface area contributed by atoms with Crippen LogP contribution in [0.5, 0.6) is 5.75 Å². The molecule has 6 heteroatoms. The molecule has 0 aliphatic heterocycles. The average molecular weight is 267 g/mol. The molecule has 0 unspecified atom stereocenters. The first-order valence-electron chi connectivity index (χ1n) is 5.92. The third-order valence-corrected chi connectivity index (χ3v) is 2.14. The van der Waals surface area contributed by atoms with Gasteiger partial charge in [0.1, 0.15) is 12.4 Å². The van der Waals surface area contributed by atoms with Crippen molar-refractivity contribution in [1.82, 2.24) is 5.32 Å². The van der Waals surface area contributed by atoms with E-state index >= 15 is 0 Å². The summed E-state index contributed by atoms with van der Waals surface area (Å²) in [7, 11) is 0. The number of aliphatic carboxylic acids is 1. The number of benzene rings is 1. The maximum atomic E-state index is 11.4. The van der Waals surface area contributed by atoms with Gasteiger partial charge in [-0.2, -0.15) is 0 Å². The van der Waals surface area contributed by atoms with Crippen LogP contribution in [-0.2, 0) is 14.3 Å². The van der Waals surface area contributed by atoms with E-state index in [0.717, 1.165) is 5.75 Å². The van der Waals surface area contributed by atoms with Crippen LogP contribution in [0.4, 0.5) is 0 Å². The number of nitrogens with one attached hydrogen (secondary N) is 1. The molecule has 0 aromatic heterocycles. The highest BCUT2D eigenvalue weighted by molar-refractivity contribution is 5.75. The Hall–Kier alpha value is -2.08. The first-order valence-corrected chi connectivity index (χ1v) is 5.92. The van der Waals surface area contributed by atoms with Crippen molar-refractivity contribution in [2.24, 2.45) is 0 Å². The Morgan fingerprint density at radius 3 is 2.58 bits per heavy atom. The highest BCUT2D eigenvalue weighted by atomic mass is 16.5. The molecule has 0 aliphatic carbocycles. The molecule has 0 bridgehead atoms. The normalized spacial score (nSPS) is 9.89. The summed E-state index contributed by atoms with van der Waals surface area (Å²) in [5, 5.41) is 10.9. The number of amides is 1. The van der Waals surface area contributed by atoms with Crippen LogP contribution in [0.2, 0.25) is 0 Å². The largest absolute Gasteiger partial charge is 0.493 e. The fourth-order valence-corrected chi connectivity index (χ4v) is 1.29. The summed E-state index contributed by atoms with van der Waals surface area (Å²) in [4.78, 5) is 21.5. The number of para-hydroxylation sites is 1. The number of hydrogen-bond donors (Lipinski definition) is 2. The molecule has 104 valence electrons. The van der Waals surface area contributed by atoms with Crippen molar-refractivity contribution in [1.29, 1.82) is 0 Å². The minimum absolute atomic E-state index is 0.158. The highest BCUT2D eigenvalue weighted by Gasteiger charge is 2.02. The first kappa shape index (κ1) is 15.0. The molecular weight excluding hydrogens is 250 g/mol. The van der Waals surface area contributed by atoms with Crippen molar-refractivity contribution < 1.29 is 24.2 Å². The van der Waals surface area contributed by atoms with E-state index in [9.17, 15) is 9.59 Å². The Morgan fingerprint density at radius 1 is 1.16 bits per heavy atom. The number of carboxylic acids is 1. The lowest BCUT2D eigenvalue weighted by Crippen LogP contribution is -2.29. The van der Waals surface area contributed by atoms with E-state index in [1.807, 2.05) is 30.3 Å². The van der Waals surface area contributed by atoms with Crippen molar-refractivity contribution in [3.8, 4) is 5.75 Å². The molecule has 1 rings (SSSR count). The van der Waals surface area contributed by atoms with Crippen molar-refractivity contribution in [2.75, 3.05) is 26.4 Å². The molecule has 6 nitrogen and oxygen atoms in total. The number of carbonyl (C=O) groups is 2. The molecule has 0 saturated heterocycles. The lowest BCUT2D eigenvalue weighted by Gasteiger charge is -2.07. The summed E-state index contributed by atoms with van der Waals surface area (Å²) in [6.45, 7) is 0.411. The van der Waals surface area contributed by atoms with Gasteiger partial charge in [0.15, 0.2) is 0 Å². The van der Waals surface area contributed by atoms with Crippen LogP contribution in [0, 0.1) is 0 Å². The van der Waals surface area contributed by atoms with Crippen molar-refractivity contribution >= 4 is 11.9 Å². The SMILES string of the molecule is O=C(O)COCCNC(=O)CCOc1ccccc1. The first-order chi connectivity index (χ1) is 9.18. The second kappa shape index (κ2) is 8.93. The smallest absolute Gasteiger partial charge is 0.329 e. The lowest BCUT2D eigenvalue weighted by molar-refractivity contribution is -0.142. The lowest BCUT2D eigenvalue weighted by atomic mass is 10.3. The minimum Gasteiger partial charge on any atom is -0.493 e. The topological polar surface area (TPSA) is 84.9 Å². The second-order valence-corrected chi connectivity index (χ2v) is 3.71. The van der Waals surface area contributed by atoms with Crippen LogP contribution in [-0.4, -0.2) is 43.3 Å². The summed E-state index contributed by atoms with van der Waals surface area (Å²) in [6, 6.07) is 9.23. The number of rotatable bonds is 9.